The zero-order valence-corrected chi connectivity index (χ0v) is 13.2. The predicted octanol–water partition coefficient (Wildman–Crippen LogP) is 3.01. The topological polar surface area (TPSA) is 44.5 Å². The van der Waals surface area contributed by atoms with Gasteiger partial charge in [0.05, 0.1) is 12.2 Å². The molecule has 2 heterocycles. The highest BCUT2D eigenvalue weighted by Crippen LogP contribution is 2.42. The normalized spacial score (nSPS) is 32.2. The predicted molar refractivity (Wildman–Crippen MR) is 84.2 cm³/mol. The minimum absolute atomic E-state index is 0.0765. The van der Waals surface area contributed by atoms with Crippen LogP contribution in [0.4, 0.5) is 0 Å². The number of nitrogens with two attached hydrogens (primary N) is 1. The number of hydrogen-bond acceptors (Lipinski definition) is 3. The van der Waals surface area contributed by atoms with Gasteiger partial charge in [0.2, 0.25) is 0 Å². The molecule has 0 aliphatic carbocycles. The molecule has 3 heteroatoms. The van der Waals surface area contributed by atoms with E-state index >= 15 is 0 Å². The van der Waals surface area contributed by atoms with E-state index in [9.17, 15) is 0 Å². The third-order valence-electron chi connectivity index (χ3n) is 5.39. The van der Waals surface area contributed by atoms with Crippen molar-refractivity contribution < 1.29 is 9.47 Å². The quantitative estimate of drug-likeness (QED) is 0.930. The van der Waals surface area contributed by atoms with Crippen LogP contribution in [0.25, 0.3) is 0 Å². The van der Waals surface area contributed by atoms with Crippen LogP contribution in [0.2, 0.25) is 0 Å². The molecule has 2 aliphatic rings. The molecule has 3 unspecified atom stereocenters. The van der Waals surface area contributed by atoms with Crippen LogP contribution in [0.15, 0.2) is 24.3 Å². The molecule has 2 N–H and O–H groups in total. The van der Waals surface area contributed by atoms with E-state index < -0.39 is 0 Å². The SMILES string of the molecule is CCc1ccc(C(C)(N)C2CCOC3(CCOC3)C2)cc1. The van der Waals surface area contributed by atoms with E-state index in [1.807, 2.05) is 0 Å². The number of aryl methyl sites for hydroxylation is 1. The van der Waals surface area contributed by atoms with Crippen LogP contribution >= 0.6 is 0 Å². The Morgan fingerprint density at radius 2 is 2.05 bits per heavy atom. The molecule has 1 spiro atoms. The van der Waals surface area contributed by atoms with E-state index in [-0.39, 0.29) is 11.1 Å². The summed E-state index contributed by atoms with van der Waals surface area (Å²) in [6.45, 7) is 6.70. The first-order valence-electron chi connectivity index (χ1n) is 8.16. The molecule has 3 nitrogen and oxygen atoms in total. The Morgan fingerprint density at radius 3 is 2.67 bits per heavy atom. The van der Waals surface area contributed by atoms with Crippen LogP contribution in [-0.2, 0) is 21.4 Å². The molecule has 0 bridgehead atoms. The summed E-state index contributed by atoms with van der Waals surface area (Å²) >= 11 is 0. The van der Waals surface area contributed by atoms with Gasteiger partial charge in [-0.05, 0) is 43.2 Å². The summed E-state index contributed by atoms with van der Waals surface area (Å²) in [5.41, 5.74) is 8.98. The van der Waals surface area contributed by atoms with Crippen molar-refractivity contribution in [3.63, 3.8) is 0 Å². The van der Waals surface area contributed by atoms with Gasteiger partial charge in [0.25, 0.3) is 0 Å². The first-order chi connectivity index (χ1) is 10.1. The summed E-state index contributed by atoms with van der Waals surface area (Å²) in [7, 11) is 0. The summed E-state index contributed by atoms with van der Waals surface area (Å²) < 4.78 is 11.6. The third kappa shape index (κ3) is 2.87. The van der Waals surface area contributed by atoms with Crippen LogP contribution in [0, 0.1) is 5.92 Å². The van der Waals surface area contributed by atoms with Crippen LogP contribution in [0.1, 0.15) is 44.2 Å². The number of rotatable bonds is 3. The molecule has 1 aromatic rings. The van der Waals surface area contributed by atoms with Crippen LogP contribution in [0.5, 0.6) is 0 Å². The van der Waals surface area contributed by atoms with Gasteiger partial charge in [-0.25, -0.2) is 0 Å². The van der Waals surface area contributed by atoms with Crippen LogP contribution in [0.3, 0.4) is 0 Å². The first-order valence-corrected chi connectivity index (χ1v) is 8.16. The molecular formula is C18H27NO2. The van der Waals surface area contributed by atoms with Crippen molar-refractivity contribution in [1.82, 2.24) is 0 Å². The Balaban J connectivity index is 1.79. The summed E-state index contributed by atoms with van der Waals surface area (Å²) in [6.07, 6.45) is 4.12. The fraction of sp³-hybridized carbons (Fsp3) is 0.667. The van der Waals surface area contributed by atoms with Crippen molar-refractivity contribution in [2.24, 2.45) is 11.7 Å². The smallest absolute Gasteiger partial charge is 0.0940 e. The van der Waals surface area contributed by atoms with Crippen molar-refractivity contribution in [1.29, 1.82) is 0 Å². The van der Waals surface area contributed by atoms with Crippen molar-refractivity contribution in [3.8, 4) is 0 Å². The number of ether oxygens (including phenoxy) is 2. The van der Waals surface area contributed by atoms with E-state index in [0.29, 0.717) is 5.92 Å². The van der Waals surface area contributed by atoms with Gasteiger partial charge in [-0.1, -0.05) is 31.2 Å². The largest absolute Gasteiger partial charge is 0.378 e. The number of benzene rings is 1. The van der Waals surface area contributed by atoms with E-state index in [4.69, 9.17) is 15.2 Å². The fourth-order valence-electron chi connectivity index (χ4n) is 3.74. The van der Waals surface area contributed by atoms with Gasteiger partial charge in [-0.15, -0.1) is 0 Å². The van der Waals surface area contributed by atoms with Gasteiger partial charge < -0.3 is 15.2 Å². The zero-order valence-electron chi connectivity index (χ0n) is 13.2. The zero-order chi connectivity index (χ0) is 14.9. The molecule has 3 atom stereocenters. The molecule has 116 valence electrons. The average Bonchev–Trinajstić information content (AvgIpc) is 2.95. The van der Waals surface area contributed by atoms with E-state index in [0.717, 1.165) is 45.5 Å². The molecule has 2 aliphatic heterocycles. The van der Waals surface area contributed by atoms with Crippen LogP contribution < -0.4 is 5.73 Å². The lowest BCUT2D eigenvalue weighted by Crippen LogP contribution is -2.50. The number of hydrogen-bond donors (Lipinski definition) is 1. The third-order valence-corrected chi connectivity index (χ3v) is 5.39. The molecule has 0 aromatic heterocycles. The average molecular weight is 289 g/mol. The summed E-state index contributed by atoms with van der Waals surface area (Å²) in [6, 6.07) is 8.81. The highest BCUT2D eigenvalue weighted by atomic mass is 16.6. The lowest BCUT2D eigenvalue weighted by molar-refractivity contribution is -0.109. The lowest BCUT2D eigenvalue weighted by atomic mass is 9.71. The Labute approximate surface area is 127 Å². The second kappa shape index (κ2) is 5.71. The standard InChI is InChI=1S/C18H27NO2/c1-3-14-4-6-15(7-5-14)17(2,19)16-8-10-21-18(12-16)9-11-20-13-18/h4-7,16H,3,8-13,19H2,1-2H3. The van der Waals surface area contributed by atoms with Crippen molar-refractivity contribution in [3.05, 3.63) is 35.4 Å². The Hall–Kier alpha value is -0.900. The molecular weight excluding hydrogens is 262 g/mol. The second-order valence-electron chi connectivity index (χ2n) is 6.86. The Morgan fingerprint density at radius 1 is 1.29 bits per heavy atom. The van der Waals surface area contributed by atoms with Crippen molar-refractivity contribution in [2.45, 2.75) is 50.7 Å². The summed E-state index contributed by atoms with van der Waals surface area (Å²) in [5, 5.41) is 0. The van der Waals surface area contributed by atoms with E-state index in [2.05, 4.69) is 38.1 Å². The Kier molecular flexibility index (Phi) is 4.08. The van der Waals surface area contributed by atoms with Gasteiger partial charge in [0, 0.05) is 25.2 Å². The highest BCUT2D eigenvalue weighted by molar-refractivity contribution is 5.29. The molecule has 1 aromatic carbocycles. The van der Waals surface area contributed by atoms with E-state index in [1.54, 1.807) is 0 Å². The maximum atomic E-state index is 6.76. The molecule has 0 radical (unpaired) electrons. The minimum atomic E-state index is -0.300. The molecule has 2 saturated heterocycles. The second-order valence-corrected chi connectivity index (χ2v) is 6.86. The first kappa shape index (κ1) is 15.0. The van der Waals surface area contributed by atoms with Gasteiger partial charge in [0.1, 0.15) is 0 Å². The van der Waals surface area contributed by atoms with Gasteiger partial charge in [-0.3, -0.25) is 0 Å². The minimum Gasteiger partial charge on any atom is -0.378 e. The van der Waals surface area contributed by atoms with Crippen molar-refractivity contribution >= 4 is 0 Å². The Bertz CT molecular complexity index is 474. The van der Waals surface area contributed by atoms with Gasteiger partial charge >= 0.3 is 0 Å². The molecule has 0 saturated carbocycles. The molecule has 3 rings (SSSR count). The summed E-state index contributed by atoms with van der Waals surface area (Å²) in [5.74, 6) is 0.445. The van der Waals surface area contributed by atoms with Gasteiger partial charge in [0.15, 0.2) is 0 Å². The van der Waals surface area contributed by atoms with Crippen molar-refractivity contribution in [2.75, 3.05) is 19.8 Å². The fourth-order valence-corrected chi connectivity index (χ4v) is 3.74. The monoisotopic (exact) mass is 289 g/mol. The maximum absolute atomic E-state index is 6.76. The molecule has 0 amide bonds. The van der Waals surface area contributed by atoms with Crippen LogP contribution in [-0.4, -0.2) is 25.4 Å². The molecule has 21 heavy (non-hydrogen) atoms. The summed E-state index contributed by atoms with van der Waals surface area (Å²) in [4.78, 5) is 0. The van der Waals surface area contributed by atoms with Gasteiger partial charge in [-0.2, -0.15) is 0 Å². The molecule has 2 fully saturated rings. The maximum Gasteiger partial charge on any atom is 0.0940 e. The van der Waals surface area contributed by atoms with E-state index in [1.165, 1.54) is 11.1 Å². The lowest BCUT2D eigenvalue weighted by Gasteiger charge is -2.44. The highest BCUT2D eigenvalue weighted by Gasteiger charge is 2.45.